The molecule has 0 bridgehead atoms. The smallest absolute Gasteiger partial charge is 0.196 e. The number of nitrogens with zero attached hydrogens (tertiary/aromatic N) is 1. The maximum Gasteiger partial charge on any atom is 0.196 e. The summed E-state index contributed by atoms with van der Waals surface area (Å²) in [4.78, 5) is 15.0. The first-order valence-electron chi connectivity index (χ1n) is 3.26. The molecule has 0 atom stereocenters. The lowest BCUT2D eigenvalue weighted by atomic mass is 10.2. The van der Waals surface area contributed by atoms with Crippen molar-refractivity contribution < 1.29 is 4.79 Å². The van der Waals surface area contributed by atoms with Gasteiger partial charge in [-0.05, 0) is 18.6 Å². The van der Waals surface area contributed by atoms with E-state index >= 15 is 0 Å². The van der Waals surface area contributed by atoms with Crippen LogP contribution in [0.4, 0.5) is 0 Å². The maximum atomic E-state index is 11.0. The third-order valence-corrected chi connectivity index (χ3v) is 1.64. The fourth-order valence-electron chi connectivity index (χ4n) is 0.841. The molecule has 11 heavy (non-hydrogen) atoms. The second-order valence-corrected chi connectivity index (χ2v) is 2.49. The molecular formula is C8H8ClNO. The van der Waals surface area contributed by atoms with Crippen molar-refractivity contribution in [1.82, 2.24) is 4.98 Å². The quantitative estimate of drug-likeness (QED) is 0.499. The summed E-state index contributed by atoms with van der Waals surface area (Å²) in [5.74, 6) is -0.123. The number of pyridine rings is 1. The van der Waals surface area contributed by atoms with Crippen LogP contribution < -0.4 is 0 Å². The predicted octanol–water partition coefficient (Wildman–Crippen LogP) is 1.81. The third-order valence-electron chi connectivity index (χ3n) is 1.39. The van der Waals surface area contributed by atoms with Crippen LogP contribution in [-0.4, -0.2) is 16.6 Å². The Morgan fingerprint density at radius 3 is 3.00 bits per heavy atom. The number of carbonyl (C=O) groups is 1. The van der Waals surface area contributed by atoms with Gasteiger partial charge in [-0.1, -0.05) is 6.07 Å². The first-order valence-corrected chi connectivity index (χ1v) is 3.80. The summed E-state index contributed by atoms with van der Waals surface area (Å²) in [6.07, 6.45) is 1.59. The lowest BCUT2D eigenvalue weighted by molar-refractivity contribution is 0.101. The molecule has 1 heterocycles. The molecule has 1 rings (SSSR count). The predicted molar refractivity (Wildman–Crippen MR) is 44.0 cm³/mol. The summed E-state index contributed by atoms with van der Waals surface area (Å²) in [6, 6.07) is 3.63. The highest BCUT2D eigenvalue weighted by molar-refractivity contribution is 6.30. The van der Waals surface area contributed by atoms with Gasteiger partial charge in [0.15, 0.2) is 5.78 Å². The summed E-state index contributed by atoms with van der Waals surface area (Å²) in [6.45, 7) is 1.84. The van der Waals surface area contributed by atoms with Gasteiger partial charge in [-0.3, -0.25) is 9.78 Å². The Morgan fingerprint density at radius 1 is 1.73 bits per heavy atom. The highest BCUT2D eigenvalue weighted by Crippen LogP contribution is 2.04. The lowest BCUT2D eigenvalue weighted by Crippen LogP contribution is -2.05. The summed E-state index contributed by atoms with van der Waals surface area (Å²) in [7, 11) is 0. The van der Waals surface area contributed by atoms with Crippen LogP contribution in [-0.2, 0) is 0 Å². The molecule has 58 valence electrons. The fraction of sp³-hybridized carbons (Fsp3) is 0.250. The lowest BCUT2D eigenvalue weighted by Gasteiger charge is -1.98. The van der Waals surface area contributed by atoms with Crippen molar-refractivity contribution in [3.63, 3.8) is 0 Å². The fourth-order valence-corrected chi connectivity index (χ4v) is 0.967. The molecule has 0 saturated carbocycles. The molecule has 0 saturated heterocycles. The Kier molecular flexibility index (Phi) is 2.60. The number of halogens is 1. The molecule has 2 nitrogen and oxygen atoms in total. The number of ketones is 1. The van der Waals surface area contributed by atoms with E-state index in [2.05, 4.69) is 4.98 Å². The number of hydrogen-bond acceptors (Lipinski definition) is 2. The number of aryl methyl sites for hydroxylation is 1. The first kappa shape index (κ1) is 8.21. The van der Waals surface area contributed by atoms with Gasteiger partial charge >= 0.3 is 0 Å². The van der Waals surface area contributed by atoms with Gasteiger partial charge < -0.3 is 0 Å². The van der Waals surface area contributed by atoms with Crippen LogP contribution in [0, 0.1) is 6.92 Å². The van der Waals surface area contributed by atoms with Gasteiger partial charge in [0, 0.05) is 6.20 Å². The summed E-state index contributed by atoms with van der Waals surface area (Å²) >= 11 is 5.37. The molecule has 0 fully saturated rings. The highest BCUT2D eigenvalue weighted by Gasteiger charge is 2.06. The topological polar surface area (TPSA) is 30.0 Å². The Morgan fingerprint density at radius 2 is 2.45 bits per heavy atom. The standard InChI is InChI=1S/C8H8ClNO/c1-6-3-2-4-10-8(6)7(11)5-9/h2-4H,5H2,1H3. The molecule has 3 heteroatoms. The van der Waals surface area contributed by atoms with Gasteiger partial charge in [-0.15, -0.1) is 11.6 Å². The zero-order valence-electron chi connectivity index (χ0n) is 6.17. The van der Waals surface area contributed by atoms with Crippen molar-refractivity contribution in [2.75, 3.05) is 5.88 Å². The zero-order chi connectivity index (χ0) is 8.27. The van der Waals surface area contributed by atoms with Crippen molar-refractivity contribution in [3.8, 4) is 0 Å². The van der Waals surface area contributed by atoms with E-state index in [4.69, 9.17) is 11.6 Å². The molecule has 0 aromatic carbocycles. The second kappa shape index (κ2) is 3.49. The van der Waals surface area contributed by atoms with E-state index in [1.165, 1.54) is 0 Å². The average molecular weight is 170 g/mol. The number of aromatic nitrogens is 1. The molecule has 0 aliphatic rings. The van der Waals surface area contributed by atoms with Gasteiger partial charge in [0.1, 0.15) is 5.69 Å². The number of hydrogen-bond donors (Lipinski definition) is 0. The van der Waals surface area contributed by atoms with Crippen LogP contribution in [0.2, 0.25) is 0 Å². The van der Waals surface area contributed by atoms with Crippen molar-refractivity contribution in [1.29, 1.82) is 0 Å². The first-order chi connectivity index (χ1) is 5.25. The van der Waals surface area contributed by atoms with Crippen LogP contribution in [0.3, 0.4) is 0 Å². The van der Waals surface area contributed by atoms with Gasteiger partial charge in [0.05, 0.1) is 5.88 Å². The van der Waals surface area contributed by atoms with Crippen LogP contribution in [0.1, 0.15) is 16.1 Å². The zero-order valence-corrected chi connectivity index (χ0v) is 6.93. The molecule has 1 aromatic heterocycles. The molecule has 0 radical (unpaired) electrons. The third kappa shape index (κ3) is 1.77. The average Bonchev–Trinajstić information content (AvgIpc) is 2.04. The maximum absolute atomic E-state index is 11.0. The Balaban J connectivity index is 3.03. The summed E-state index contributed by atoms with van der Waals surface area (Å²) in [5, 5.41) is 0. The van der Waals surface area contributed by atoms with E-state index < -0.39 is 0 Å². The van der Waals surface area contributed by atoms with Gasteiger partial charge in [0.2, 0.25) is 0 Å². The van der Waals surface area contributed by atoms with E-state index in [1.54, 1.807) is 12.3 Å². The number of alkyl halides is 1. The summed E-state index contributed by atoms with van der Waals surface area (Å²) in [5.41, 5.74) is 1.35. The molecule has 1 aromatic rings. The second-order valence-electron chi connectivity index (χ2n) is 2.23. The Bertz CT molecular complexity index is 273. The van der Waals surface area contributed by atoms with Crippen molar-refractivity contribution >= 4 is 17.4 Å². The van der Waals surface area contributed by atoms with E-state index in [9.17, 15) is 4.79 Å². The molecular weight excluding hydrogens is 162 g/mol. The van der Waals surface area contributed by atoms with E-state index in [0.29, 0.717) is 5.69 Å². The van der Waals surface area contributed by atoms with Gasteiger partial charge in [-0.2, -0.15) is 0 Å². The molecule has 0 aliphatic heterocycles. The molecule has 0 unspecified atom stereocenters. The largest absolute Gasteiger partial charge is 0.291 e. The Labute approximate surface area is 70.2 Å². The molecule has 0 aliphatic carbocycles. The highest BCUT2D eigenvalue weighted by atomic mass is 35.5. The molecule has 0 amide bonds. The number of Topliss-reactive ketones (excluding diaryl/α,β-unsaturated/α-hetero) is 1. The van der Waals surface area contributed by atoms with E-state index in [-0.39, 0.29) is 11.7 Å². The van der Waals surface area contributed by atoms with Crippen LogP contribution >= 0.6 is 11.6 Å². The SMILES string of the molecule is Cc1cccnc1C(=O)CCl. The van der Waals surface area contributed by atoms with Crippen LogP contribution in [0.15, 0.2) is 18.3 Å². The monoisotopic (exact) mass is 169 g/mol. The van der Waals surface area contributed by atoms with Crippen molar-refractivity contribution in [2.45, 2.75) is 6.92 Å². The van der Waals surface area contributed by atoms with E-state index in [1.807, 2.05) is 13.0 Å². The Hall–Kier alpha value is -0.890. The van der Waals surface area contributed by atoms with Crippen molar-refractivity contribution in [3.05, 3.63) is 29.6 Å². The van der Waals surface area contributed by atoms with Gasteiger partial charge in [-0.25, -0.2) is 0 Å². The van der Waals surface area contributed by atoms with E-state index in [0.717, 1.165) is 5.56 Å². The minimum absolute atomic E-state index is 0.00213. The van der Waals surface area contributed by atoms with Crippen LogP contribution in [0.25, 0.3) is 0 Å². The van der Waals surface area contributed by atoms with Crippen LogP contribution in [0.5, 0.6) is 0 Å². The minimum atomic E-state index is -0.121. The normalized spacial score (nSPS) is 9.64. The summed E-state index contributed by atoms with van der Waals surface area (Å²) < 4.78 is 0. The number of rotatable bonds is 2. The number of carbonyl (C=O) groups excluding carboxylic acids is 1. The van der Waals surface area contributed by atoms with Gasteiger partial charge in [0.25, 0.3) is 0 Å². The molecule has 0 N–H and O–H groups in total. The van der Waals surface area contributed by atoms with Crippen molar-refractivity contribution in [2.24, 2.45) is 0 Å². The minimum Gasteiger partial charge on any atom is -0.291 e. The molecule has 0 spiro atoms.